The molecule has 2 aliphatic rings. The minimum Gasteiger partial charge on any atom is -0.0795 e. The van der Waals surface area contributed by atoms with Crippen molar-refractivity contribution in [3.05, 3.63) is 107 Å². The summed E-state index contributed by atoms with van der Waals surface area (Å²) >= 11 is 0. The van der Waals surface area contributed by atoms with E-state index in [1.807, 2.05) is 0 Å². The van der Waals surface area contributed by atoms with Crippen molar-refractivity contribution in [1.82, 2.24) is 0 Å². The molecule has 0 nitrogen and oxygen atoms in total. The van der Waals surface area contributed by atoms with Crippen LogP contribution in [0.2, 0.25) is 0 Å². The molecule has 132 valence electrons. The molecule has 0 radical (unpaired) electrons. The quantitative estimate of drug-likeness (QED) is 0.309. The van der Waals surface area contributed by atoms with E-state index in [0.717, 1.165) is 12.8 Å². The number of allylic oxidation sites excluding steroid dienone is 2. The van der Waals surface area contributed by atoms with Gasteiger partial charge in [0.05, 0.1) is 0 Å². The molecule has 0 heterocycles. The molecule has 0 atom stereocenters. The van der Waals surface area contributed by atoms with Crippen molar-refractivity contribution in [2.24, 2.45) is 0 Å². The Kier molecular flexibility index (Phi) is 4.64. The number of rotatable bonds is 0. The molecule has 4 aromatic rings. The lowest BCUT2D eigenvalue weighted by molar-refractivity contribution is 1.29. The van der Waals surface area contributed by atoms with Gasteiger partial charge < -0.3 is 0 Å². The molecule has 0 saturated heterocycles. The first-order valence-corrected chi connectivity index (χ1v) is 9.24. The Morgan fingerprint density at radius 1 is 0.481 bits per heavy atom. The fourth-order valence-electron chi connectivity index (χ4n) is 4.14. The molecule has 0 bridgehead atoms. The van der Waals surface area contributed by atoms with Gasteiger partial charge in [0.2, 0.25) is 0 Å². The zero-order valence-electron chi connectivity index (χ0n) is 14.7. The van der Waals surface area contributed by atoms with E-state index in [0.29, 0.717) is 0 Å². The van der Waals surface area contributed by atoms with Gasteiger partial charge in [-0.05, 0) is 56.6 Å². The molecular formula is C27H24. The van der Waals surface area contributed by atoms with E-state index < -0.39 is 0 Å². The van der Waals surface area contributed by atoms with Gasteiger partial charge in [-0.1, -0.05) is 105 Å². The largest absolute Gasteiger partial charge is 0.0795 e. The predicted octanol–water partition coefficient (Wildman–Crippen LogP) is 7.45. The fraction of sp³-hybridized carbons (Fsp3) is 0.111. The van der Waals surface area contributed by atoms with Crippen LogP contribution in [-0.2, 0) is 12.8 Å². The molecule has 0 unspecified atom stereocenters. The van der Waals surface area contributed by atoms with Gasteiger partial charge in [0, 0.05) is 0 Å². The monoisotopic (exact) mass is 348 g/mol. The molecule has 0 aliphatic heterocycles. The Hall–Kier alpha value is -3.12. The van der Waals surface area contributed by atoms with Crippen molar-refractivity contribution < 1.29 is 0 Å². The van der Waals surface area contributed by atoms with Gasteiger partial charge >= 0.3 is 0 Å². The topological polar surface area (TPSA) is 0 Å². The lowest BCUT2D eigenvalue weighted by Crippen LogP contribution is -1.91. The van der Waals surface area contributed by atoms with E-state index in [-0.39, 0.29) is 7.43 Å². The van der Waals surface area contributed by atoms with E-state index in [4.69, 9.17) is 0 Å². The van der Waals surface area contributed by atoms with Crippen LogP contribution >= 0.6 is 0 Å². The third-order valence-electron chi connectivity index (χ3n) is 5.32. The zero-order chi connectivity index (χ0) is 17.3. The average Bonchev–Trinajstić information content (AvgIpc) is 2.70. The SMILES string of the molecule is C.C1=Cc2cccc3cccc(c23)C1.C1=Cc2cccc3cccc(c23)C1. The Balaban J connectivity index is 0.000000129. The maximum absolute atomic E-state index is 2.23. The molecule has 0 spiro atoms. The molecule has 2 aliphatic carbocycles. The van der Waals surface area contributed by atoms with E-state index in [9.17, 15) is 0 Å². The van der Waals surface area contributed by atoms with Crippen LogP contribution in [0.4, 0.5) is 0 Å². The summed E-state index contributed by atoms with van der Waals surface area (Å²) in [4.78, 5) is 0. The highest BCUT2D eigenvalue weighted by molar-refractivity contribution is 5.95. The lowest BCUT2D eigenvalue weighted by Gasteiger charge is -2.11. The molecule has 0 N–H and O–H groups in total. The first kappa shape index (κ1) is 17.3. The summed E-state index contributed by atoms with van der Waals surface area (Å²) in [6.07, 6.45) is 11.1. The molecular weight excluding hydrogens is 324 g/mol. The highest BCUT2D eigenvalue weighted by Gasteiger charge is 2.07. The summed E-state index contributed by atoms with van der Waals surface area (Å²) in [5.41, 5.74) is 5.63. The van der Waals surface area contributed by atoms with Crippen molar-refractivity contribution >= 4 is 33.7 Å². The minimum absolute atomic E-state index is 0. The summed E-state index contributed by atoms with van der Waals surface area (Å²) < 4.78 is 0. The minimum atomic E-state index is 0. The molecule has 0 saturated carbocycles. The van der Waals surface area contributed by atoms with Crippen molar-refractivity contribution in [2.45, 2.75) is 20.3 Å². The molecule has 4 aromatic carbocycles. The second kappa shape index (κ2) is 7.25. The van der Waals surface area contributed by atoms with Crippen molar-refractivity contribution in [3.63, 3.8) is 0 Å². The van der Waals surface area contributed by atoms with E-state index in [1.165, 1.54) is 43.8 Å². The number of hydrogen-bond acceptors (Lipinski definition) is 0. The van der Waals surface area contributed by atoms with Gasteiger partial charge in [-0.3, -0.25) is 0 Å². The third kappa shape index (κ3) is 3.08. The summed E-state index contributed by atoms with van der Waals surface area (Å²) in [7, 11) is 0. The first-order chi connectivity index (χ1) is 12.9. The number of hydrogen-bond donors (Lipinski definition) is 0. The maximum atomic E-state index is 2.23. The highest BCUT2D eigenvalue weighted by atomic mass is 14.1. The Bertz CT molecular complexity index is 1070. The summed E-state index contributed by atoms with van der Waals surface area (Å²) in [6.45, 7) is 0. The van der Waals surface area contributed by atoms with Gasteiger partial charge in [-0.2, -0.15) is 0 Å². The Morgan fingerprint density at radius 3 is 1.33 bits per heavy atom. The molecule has 0 heteroatoms. The van der Waals surface area contributed by atoms with E-state index in [2.05, 4.69) is 97.1 Å². The first-order valence-electron chi connectivity index (χ1n) is 9.24. The van der Waals surface area contributed by atoms with Crippen LogP contribution in [0.25, 0.3) is 33.7 Å². The van der Waals surface area contributed by atoms with Gasteiger partial charge in [-0.25, -0.2) is 0 Å². The molecule has 27 heavy (non-hydrogen) atoms. The van der Waals surface area contributed by atoms with E-state index >= 15 is 0 Å². The van der Waals surface area contributed by atoms with Gasteiger partial charge in [0.25, 0.3) is 0 Å². The fourth-order valence-corrected chi connectivity index (χ4v) is 4.14. The van der Waals surface area contributed by atoms with Crippen molar-refractivity contribution in [2.75, 3.05) is 0 Å². The van der Waals surface area contributed by atoms with Crippen LogP contribution in [0, 0.1) is 0 Å². The van der Waals surface area contributed by atoms with Crippen molar-refractivity contribution in [3.8, 4) is 0 Å². The van der Waals surface area contributed by atoms with Crippen LogP contribution in [0.15, 0.2) is 84.9 Å². The maximum Gasteiger partial charge on any atom is -0.00763 e. The third-order valence-corrected chi connectivity index (χ3v) is 5.32. The standard InChI is InChI=1S/2C13H10.CH4/c2*1-4-10-6-2-8-12-9-3-7-11(5-1)13(10)12;/h2*1-8H,9H2;1H4. The van der Waals surface area contributed by atoms with Gasteiger partial charge in [-0.15, -0.1) is 0 Å². The van der Waals surface area contributed by atoms with Gasteiger partial charge in [0.1, 0.15) is 0 Å². The Morgan fingerprint density at radius 2 is 0.889 bits per heavy atom. The summed E-state index contributed by atoms with van der Waals surface area (Å²) in [6, 6.07) is 26.1. The van der Waals surface area contributed by atoms with E-state index in [1.54, 1.807) is 0 Å². The smallest absolute Gasteiger partial charge is 0.00763 e. The molecule has 0 fully saturated rings. The molecule has 6 rings (SSSR count). The van der Waals surface area contributed by atoms with Crippen molar-refractivity contribution in [1.29, 1.82) is 0 Å². The van der Waals surface area contributed by atoms with Gasteiger partial charge in [0.15, 0.2) is 0 Å². The van der Waals surface area contributed by atoms with Crippen LogP contribution < -0.4 is 0 Å². The average molecular weight is 348 g/mol. The lowest BCUT2D eigenvalue weighted by atomic mass is 9.93. The Labute approximate surface area is 161 Å². The number of benzene rings is 4. The zero-order valence-corrected chi connectivity index (χ0v) is 14.7. The summed E-state index contributed by atoms with van der Waals surface area (Å²) in [5, 5.41) is 5.60. The predicted molar refractivity (Wildman–Crippen MR) is 120 cm³/mol. The van der Waals surface area contributed by atoms with Crippen LogP contribution in [0.3, 0.4) is 0 Å². The highest BCUT2D eigenvalue weighted by Crippen LogP contribution is 2.28. The van der Waals surface area contributed by atoms with Crippen LogP contribution in [-0.4, -0.2) is 0 Å². The second-order valence-corrected chi connectivity index (χ2v) is 6.94. The van der Waals surface area contributed by atoms with Crippen LogP contribution in [0.1, 0.15) is 29.7 Å². The molecule has 0 amide bonds. The van der Waals surface area contributed by atoms with Crippen LogP contribution in [0.5, 0.6) is 0 Å². The summed E-state index contributed by atoms with van der Waals surface area (Å²) in [5.74, 6) is 0. The second-order valence-electron chi connectivity index (χ2n) is 6.94. The molecule has 0 aromatic heterocycles. The normalized spacial score (nSPS) is 13.0.